The zero-order chi connectivity index (χ0) is 15.1. The summed E-state index contributed by atoms with van der Waals surface area (Å²) in [5.41, 5.74) is 9.91. The monoisotopic (exact) mass is 284 g/mol. The van der Waals surface area contributed by atoms with Gasteiger partial charge in [0.05, 0.1) is 18.8 Å². The zero-order valence-electron chi connectivity index (χ0n) is 12.3. The molecule has 1 aromatic heterocycles. The van der Waals surface area contributed by atoms with E-state index >= 15 is 0 Å². The van der Waals surface area contributed by atoms with Gasteiger partial charge in [0, 0.05) is 24.6 Å². The molecule has 0 saturated heterocycles. The number of aryl methyl sites for hydroxylation is 1. The summed E-state index contributed by atoms with van der Waals surface area (Å²) in [6, 6.07) is 11.8. The standard InChI is InChI=1S/C16H20N4O/c1-12-7-8-18-14(9-12)10-19-16(17)20-15-6-4-3-5-13(15)11-21-2/h3-9H,10-11H2,1-2H3,(H3,17,19,20). The normalized spacial score (nSPS) is 11.4. The lowest BCUT2D eigenvalue weighted by Crippen LogP contribution is -2.23. The Bertz CT molecular complexity index is 625. The van der Waals surface area contributed by atoms with Crippen LogP contribution in [0.25, 0.3) is 0 Å². The Hall–Kier alpha value is -2.40. The number of aliphatic imine (C=N–C) groups is 1. The molecule has 0 spiro atoms. The highest BCUT2D eigenvalue weighted by Crippen LogP contribution is 2.15. The maximum Gasteiger partial charge on any atom is 0.193 e. The number of methoxy groups -OCH3 is 1. The summed E-state index contributed by atoms with van der Waals surface area (Å²) >= 11 is 0. The number of aromatic nitrogens is 1. The van der Waals surface area contributed by atoms with Crippen molar-refractivity contribution in [3.63, 3.8) is 0 Å². The van der Waals surface area contributed by atoms with Crippen LogP contribution in [0.1, 0.15) is 16.8 Å². The number of anilines is 1. The lowest BCUT2D eigenvalue weighted by atomic mass is 10.2. The number of nitrogens with two attached hydrogens (primary N) is 1. The maximum atomic E-state index is 5.93. The molecule has 0 bridgehead atoms. The molecule has 0 amide bonds. The summed E-state index contributed by atoms with van der Waals surface area (Å²) in [6.07, 6.45) is 1.78. The molecule has 1 heterocycles. The zero-order valence-corrected chi connectivity index (χ0v) is 12.3. The van der Waals surface area contributed by atoms with Gasteiger partial charge in [-0.05, 0) is 30.7 Å². The summed E-state index contributed by atoms with van der Waals surface area (Å²) in [4.78, 5) is 8.57. The molecule has 0 radical (unpaired) electrons. The number of para-hydroxylation sites is 1. The Labute approximate surface area is 124 Å². The number of benzene rings is 1. The molecule has 21 heavy (non-hydrogen) atoms. The van der Waals surface area contributed by atoms with E-state index in [2.05, 4.69) is 15.3 Å². The lowest BCUT2D eigenvalue weighted by Gasteiger charge is -2.10. The van der Waals surface area contributed by atoms with Crippen LogP contribution in [0.3, 0.4) is 0 Å². The molecule has 0 unspecified atom stereocenters. The molecule has 0 aliphatic heterocycles. The predicted octanol–water partition coefficient (Wildman–Crippen LogP) is 2.46. The van der Waals surface area contributed by atoms with Crippen molar-refractivity contribution in [2.75, 3.05) is 12.4 Å². The van der Waals surface area contributed by atoms with E-state index in [1.165, 1.54) is 0 Å². The number of hydrogen-bond acceptors (Lipinski definition) is 3. The highest BCUT2D eigenvalue weighted by molar-refractivity contribution is 5.92. The number of ether oxygens (including phenoxy) is 1. The summed E-state index contributed by atoms with van der Waals surface area (Å²) < 4.78 is 5.16. The minimum atomic E-state index is 0.363. The van der Waals surface area contributed by atoms with Gasteiger partial charge in [-0.15, -0.1) is 0 Å². The maximum absolute atomic E-state index is 5.93. The van der Waals surface area contributed by atoms with Gasteiger partial charge in [0.1, 0.15) is 0 Å². The third-order valence-corrected chi connectivity index (χ3v) is 2.96. The number of hydrogen-bond donors (Lipinski definition) is 2. The van der Waals surface area contributed by atoms with E-state index in [1.807, 2.05) is 43.3 Å². The number of nitrogens with zero attached hydrogens (tertiary/aromatic N) is 2. The molecule has 1 aromatic carbocycles. The van der Waals surface area contributed by atoms with Crippen molar-refractivity contribution in [3.8, 4) is 0 Å². The van der Waals surface area contributed by atoms with Crippen LogP contribution >= 0.6 is 0 Å². The predicted molar refractivity (Wildman–Crippen MR) is 85.1 cm³/mol. The molecular weight excluding hydrogens is 264 g/mol. The molecule has 2 rings (SSSR count). The van der Waals surface area contributed by atoms with Crippen LogP contribution in [-0.2, 0) is 17.9 Å². The van der Waals surface area contributed by atoms with Gasteiger partial charge in [-0.3, -0.25) is 4.98 Å². The number of rotatable bonds is 5. The van der Waals surface area contributed by atoms with Crippen molar-refractivity contribution in [2.24, 2.45) is 10.7 Å². The first-order chi connectivity index (χ1) is 10.2. The smallest absolute Gasteiger partial charge is 0.193 e. The van der Waals surface area contributed by atoms with Crippen LogP contribution in [0.2, 0.25) is 0 Å². The number of guanidine groups is 1. The molecule has 2 aromatic rings. The van der Waals surface area contributed by atoms with Crippen molar-refractivity contribution in [1.29, 1.82) is 0 Å². The largest absolute Gasteiger partial charge is 0.380 e. The van der Waals surface area contributed by atoms with E-state index in [9.17, 15) is 0 Å². The average Bonchev–Trinajstić information content (AvgIpc) is 2.48. The highest BCUT2D eigenvalue weighted by atomic mass is 16.5. The van der Waals surface area contributed by atoms with Crippen LogP contribution in [0.15, 0.2) is 47.6 Å². The first kappa shape index (κ1) is 15.0. The Morgan fingerprint density at radius 1 is 1.33 bits per heavy atom. The van der Waals surface area contributed by atoms with Gasteiger partial charge in [-0.2, -0.15) is 0 Å². The van der Waals surface area contributed by atoms with Crippen molar-refractivity contribution < 1.29 is 4.74 Å². The van der Waals surface area contributed by atoms with Gasteiger partial charge in [0.15, 0.2) is 5.96 Å². The molecule has 0 atom stereocenters. The van der Waals surface area contributed by atoms with Crippen LogP contribution in [-0.4, -0.2) is 18.1 Å². The van der Waals surface area contributed by atoms with E-state index in [0.29, 0.717) is 19.1 Å². The Balaban J connectivity index is 2.04. The van der Waals surface area contributed by atoms with Gasteiger partial charge in [-0.1, -0.05) is 18.2 Å². The van der Waals surface area contributed by atoms with Gasteiger partial charge in [0.25, 0.3) is 0 Å². The molecule has 110 valence electrons. The SMILES string of the molecule is COCc1ccccc1NC(N)=NCc1cc(C)ccn1. The minimum absolute atomic E-state index is 0.363. The summed E-state index contributed by atoms with van der Waals surface area (Å²) in [5.74, 6) is 0.363. The van der Waals surface area contributed by atoms with E-state index in [1.54, 1.807) is 13.3 Å². The molecular formula is C16H20N4O. The Kier molecular flexibility index (Phi) is 5.29. The van der Waals surface area contributed by atoms with E-state index < -0.39 is 0 Å². The van der Waals surface area contributed by atoms with Gasteiger partial charge in [-0.25, -0.2) is 4.99 Å². The van der Waals surface area contributed by atoms with Crippen molar-refractivity contribution >= 4 is 11.6 Å². The average molecular weight is 284 g/mol. The second kappa shape index (κ2) is 7.40. The van der Waals surface area contributed by atoms with Crippen LogP contribution in [0, 0.1) is 6.92 Å². The summed E-state index contributed by atoms with van der Waals surface area (Å²) in [6.45, 7) is 3.00. The quantitative estimate of drug-likeness (QED) is 0.653. The van der Waals surface area contributed by atoms with Gasteiger partial charge >= 0.3 is 0 Å². The summed E-state index contributed by atoms with van der Waals surface area (Å²) in [5, 5.41) is 3.10. The molecule has 5 nitrogen and oxygen atoms in total. The highest BCUT2D eigenvalue weighted by Gasteiger charge is 2.02. The topological polar surface area (TPSA) is 72.5 Å². The van der Waals surface area contributed by atoms with Crippen molar-refractivity contribution in [2.45, 2.75) is 20.1 Å². The first-order valence-corrected chi connectivity index (χ1v) is 6.74. The third kappa shape index (κ3) is 4.57. The fourth-order valence-electron chi connectivity index (χ4n) is 1.95. The van der Waals surface area contributed by atoms with Crippen LogP contribution in [0.5, 0.6) is 0 Å². The van der Waals surface area contributed by atoms with Crippen molar-refractivity contribution in [1.82, 2.24) is 4.98 Å². The Morgan fingerprint density at radius 3 is 2.90 bits per heavy atom. The Morgan fingerprint density at radius 2 is 2.14 bits per heavy atom. The van der Waals surface area contributed by atoms with Gasteiger partial charge in [0.2, 0.25) is 0 Å². The second-order valence-corrected chi connectivity index (χ2v) is 4.74. The molecule has 0 aliphatic carbocycles. The van der Waals surface area contributed by atoms with Gasteiger partial charge < -0.3 is 15.8 Å². The molecule has 0 aliphatic rings. The third-order valence-electron chi connectivity index (χ3n) is 2.96. The van der Waals surface area contributed by atoms with Crippen molar-refractivity contribution in [3.05, 3.63) is 59.4 Å². The van der Waals surface area contributed by atoms with E-state index in [4.69, 9.17) is 10.5 Å². The van der Waals surface area contributed by atoms with Crippen LogP contribution in [0.4, 0.5) is 5.69 Å². The van der Waals surface area contributed by atoms with Crippen LogP contribution < -0.4 is 11.1 Å². The minimum Gasteiger partial charge on any atom is -0.380 e. The molecule has 3 N–H and O–H groups in total. The first-order valence-electron chi connectivity index (χ1n) is 6.74. The van der Waals surface area contributed by atoms with E-state index in [0.717, 1.165) is 22.5 Å². The summed E-state index contributed by atoms with van der Waals surface area (Å²) in [7, 11) is 1.66. The number of pyridine rings is 1. The number of nitrogens with one attached hydrogen (secondary N) is 1. The van der Waals surface area contributed by atoms with E-state index in [-0.39, 0.29) is 0 Å². The molecule has 0 saturated carbocycles. The lowest BCUT2D eigenvalue weighted by molar-refractivity contribution is 0.185. The molecule has 5 heteroatoms. The fraction of sp³-hybridized carbons (Fsp3) is 0.250. The fourth-order valence-corrected chi connectivity index (χ4v) is 1.95. The second-order valence-electron chi connectivity index (χ2n) is 4.74. The molecule has 0 fully saturated rings.